The average molecular weight is 325 g/mol. The van der Waals surface area contributed by atoms with Crippen molar-refractivity contribution in [2.45, 2.75) is 40.2 Å². The fourth-order valence-electron chi connectivity index (χ4n) is 2.60. The molecule has 4 nitrogen and oxygen atoms in total. The molecule has 0 aliphatic carbocycles. The molecule has 1 aromatic carbocycles. The Kier molecular flexibility index (Phi) is 6.79. The molecule has 128 valence electrons. The number of carbonyl (C=O) groups excluding carboxylic acids is 1. The van der Waals surface area contributed by atoms with E-state index < -0.39 is 0 Å². The lowest BCUT2D eigenvalue weighted by molar-refractivity contribution is 0.0946. The third-order valence-corrected chi connectivity index (χ3v) is 3.91. The van der Waals surface area contributed by atoms with E-state index in [1.807, 2.05) is 37.3 Å². The number of carbonyl (C=O) groups is 1. The highest BCUT2D eigenvalue weighted by molar-refractivity contribution is 5.92. The van der Waals surface area contributed by atoms with Gasteiger partial charge in [0.2, 0.25) is 0 Å². The van der Waals surface area contributed by atoms with Crippen molar-refractivity contribution in [3.63, 3.8) is 0 Å². The molecular weight excluding hydrogens is 298 g/mol. The minimum Gasteiger partial charge on any atom is -0.370 e. The molecule has 0 fully saturated rings. The van der Waals surface area contributed by atoms with Crippen LogP contribution in [0.1, 0.15) is 48.3 Å². The van der Waals surface area contributed by atoms with Gasteiger partial charge in [0.15, 0.2) is 0 Å². The van der Waals surface area contributed by atoms with Crippen LogP contribution in [0, 0.1) is 6.92 Å². The van der Waals surface area contributed by atoms with Gasteiger partial charge in [-0.15, -0.1) is 0 Å². The van der Waals surface area contributed by atoms with Crippen molar-refractivity contribution in [2.75, 3.05) is 18.0 Å². The van der Waals surface area contributed by atoms with Gasteiger partial charge in [-0.05, 0) is 37.5 Å². The lowest BCUT2D eigenvalue weighted by atomic mass is 10.1. The van der Waals surface area contributed by atoms with E-state index in [0.29, 0.717) is 12.2 Å². The zero-order chi connectivity index (χ0) is 17.4. The van der Waals surface area contributed by atoms with Crippen molar-refractivity contribution in [1.29, 1.82) is 0 Å². The highest BCUT2D eigenvalue weighted by Crippen LogP contribution is 2.14. The Morgan fingerprint density at radius 1 is 1.04 bits per heavy atom. The highest BCUT2D eigenvalue weighted by atomic mass is 16.1. The van der Waals surface area contributed by atoms with E-state index in [9.17, 15) is 4.79 Å². The maximum atomic E-state index is 12.2. The number of aryl methyl sites for hydroxylation is 1. The number of nitrogens with one attached hydrogen (secondary N) is 1. The second kappa shape index (κ2) is 9.06. The van der Waals surface area contributed by atoms with Crippen molar-refractivity contribution >= 4 is 11.6 Å². The summed E-state index contributed by atoms with van der Waals surface area (Å²) >= 11 is 0. The van der Waals surface area contributed by atoms with Gasteiger partial charge < -0.3 is 10.2 Å². The van der Waals surface area contributed by atoms with E-state index in [2.05, 4.69) is 29.0 Å². The van der Waals surface area contributed by atoms with Crippen LogP contribution in [-0.4, -0.2) is 24.0 Å². The molecule has 2 aromatic rings. The number of hydrogen-bond donors (Lipinski definition) is 1. The summed E-state index contributed by atoms with van der Waals surface area (Å²) in [6.45, 7) is 8.92. The van der Waals surface area contributed by atoms with Gasteiger partial charge >= 0.3 is 0 Å². The van der Waals surface area contributed by atoms with Crippen LogP contribution < -0.4 is 10.2 Å². The highest BCUT2D eigenvalue weighted by Gasteiger charge is 2.09. The minimum atomic E-state index is -0.139. The number of nitrogens with zero attached hydrogens (tertiary/aromatic N) is 2. The van der Waals surface area contributed by atoms with Crippen LogP contribution in [0.25, 0.3) is 0 Å². The smallest absolute Gasteiger partial charge is 0.270 e. The molecule has 0 saturated carbocycles. The zero-order valence-electron chi connectivity index (χ0n) is 14.9. The molecule has 0 unspecified atom stereocenters. The minimum absolute atomic E-state index is 0.139. The molecule has 2 rings (SSSR count). The van der Waals surface area contributed by atoms with Crippen molar-refractivity contribution < 1.29 is 4.79 Å². The monoisotopic (exact) mass is 325 g/mol. The van der Waals surface area contributed by atoms with Crippen LogP contribution in [-0.2, 0) is 6.54 Å². The van der Waals surface area contributed by atoms with E-state index in [0.717, 1.165) is 37.2 Å². The maximum Gasteiger partial charge on any atom is 0.270 e. The van der Waals surface area contributed by atoms with Crippen LogP contribution in [0.2, 0.25) is 0 Å². The summed E-state index contributed by atoms with van der Waals surface area (Å²) in [5.74, 6) is -0.139. The normalized spacial score (nSPS) is 10.5. The van der Waals surface area contributed by atoms with Gasteiger partial charge in [-0.2, -0.15) is 0 Å². The Morgan fingerprint density at radius 3 is 2.25 bits per heavy atom. The van der Waals surface area contributed by atoms with Crippen LogP contribution in [0.15, 0.2) is 42.6 Å². The third kappa shape index (κ3) is 5.08. The van der Waals surface area contributed by atoms with E-state index in [1.54, 1.807) is 12.3 Å². The summed E-state index contributed by atoms with van der Waals surface area (Å²) in [5.41, 5.74) is 3.83. The van der Waals surface area contributed by atoms with Gasteiger partial charge in [-0.25, -0.2) is 4.98 Å². The van der Waals surface area contributed by atoms with Crippen molar-refractivity contribution in [3.05, 3.63) is 59.4 Å². The van der Waals surface area contributed by atoms with Gasteiger partial charge in [-0.1, -0.05) is 43.7 Å². The Balaban J connectivity index is 1.96. The number of hydrogen-bond acceptors (Lipinski definition) is 3. The molecule has 1 aromatic heterocycles. The second-order valence-corrected chi connectivity index (χ2v) is 6.06. The summed E-state index contributed by atoms with van der Waals surface area (Å²) in [4.78, 5) is 18.9. The summed E-state index contributed by atoms with van der Waals surface area (Å²) in [7, 11) is 0. The van der Waals surface area contributed by atoms with E-state index in [4.69, 9.17) is 0 Å². The molecule has 0 radical (unpaired) electrons. The summed E-state index contributed by atoms with van der Waals surface area (Å²) in [6, 6.07) is 11.9. The number of benzene rings is 1. The lowest BCUT2D eigenvalue weighted by Crippen LogP contribution is -2.26. The van der Waals surface area contributed by atoms with Gasteiger partial charge in [0.05, 0.1) is 11.9 Å². The SMILES string of the molecule is CCCN(CCC)c1ccc(C(=O)NCc2ccc(C)cc2)nc1. The fraction of sp³-hybridized carbons (Fsp3) is 0.400. The molecule has 4 heteroatoms. The molecule has 1 N–H and O–H groups in total. The van der Waals surface area contributed by atoms with Gasteiger partial charge in [0.25, 0.3) is 5.91 Å². The average Bonchev–Trinajstić information content (AvgIpc) is 2.61. The van der Waals surface area contributed by atoms with Crippen molar-refractivity contribution in [3.8, 4) is 0 Å². The first-order valence-corrected chi connectivity index (χ1v) is 8.68. The number of rotatable bonds is 8. The second-order valence-electron chi connectivity index (χ2n) is 6.06. The summed E-state index contributed by atoms with van der Waals surface area (Å²) in [6.07, 6.45) is 3.99. The Labute approximate surface area is 144 Å². The molecule has 0 aliphatic rings. The molecular formula is C20H27N3O. The predicted molar refractivity (Wildman–Crippen MR) is 99.4 cm³/mol. The summed E-state index contributed by atoms with van der Waals surface area (Å²) < 4.78 is 0. The van der Waals surface area contributed by atoms with Crippen molar-refractivity contribution in [2.24, 2.45) is 0 Å². The van der Waals surface area contributed by atoms with Gasteiger partial charge in [0, 0.05) is 19.6 Å². The molecule has 0 spiro atoms. The first-order chi connectivity index (χ1) is 11.6. The number of amides is 1. The molecule has 0 saturated heterocycles. The van der Waals surface area contributed by atoms with Crippen LogP contribution in [0.3, 0.4) is 0 Å². The Hall–Kier alpha value is -2.36. The Morgan fingerprint density at radius 2 is 1.71 bits per heavy atom. The topological polar surface area (TPSA) is 45.2 Å². The predicted octanol–water partition coefficient (Wildman–Crippen LogP) is 3.95. The van der Waals surface area contributed by atoms with E-state index in [-0.39, 0.29) is 5.91 Å². The molecule has 0 bridgehead atoms. The summed E-state index contributed by atoms with van der Waals surface area (Å²) in [5, 5.41) is 2.92. The number of aromatic nitrogens is 1. The fourth-order valence-corrected chi connectivity index (χ4v) is 2.60. The molecule has 24 heavy (non-hydrogen) atoms. The quantitative estimate of drug-likeness (QED) is 0.799. The van der Waals surface area contributed by atoms with Gasteiger partial charge in [0.1, 0.15) is 5.69 Å². The molecule has 0 aliphatic heterocycles. The first kappa shape index (κ1) is 18.0. The molecule has 1 heterocycles. The largest absolute Gasteiger partial charge is 0.370 e. The van der Waals surface area contributed by atoms with Crippen LogP contribution in [0.5, 0.6) is 0 Å². The first-order valence-electron chi connectivity index (χ1n) is 8.68. The van der Waals surface area contributed by atoms with Crippen LogP contribution >= 0.6 is 0 Å². The molecule has 1 amide bonds. The van der Waals surface area contributed by atoms with E-state index in [1.165, 1.54) is 5.56 Å². The standard InChI is InChI=1S/C20H27N3O/c1-4-12-23(13-5-2)18-10-11-19(21-15-18)20(24)22-14-17-8-6-16(3)7-9-17/h6-11,15H,4-5,12-14H2,1-3H3,(H,22,24). The molecule has 0 atom stereocenters. The lowest BCUT2D eigenvalue weighted by Gasteiger charge is -2.23. The number of pyridine rings is 1. The van der Waals surface area contributed by atoms with E-state index >= 15 is 0 Å². The van der Waals surface area contributed by atoms with Gasteiger partial charge in [-0.3, -0.25) is 4.79 Å². The Bertz CT molecular complexity index is 629. The maximum absolute atomic E-state index is 12.2. The number of anilines is 1. The van der Waals surface area contributed by atoms with Crippen molar-refractivity contribution in [1.82, 2.24) is 10.3 Å². The van der Waals surface area contributed by atoms with Crippen LogP contribution in [0.4, 0.5) is 5.69 Å². The zero-order valence-corrected chi connectivity index (χ0v) is 14.9. The third-order valence-electron chi connectivity index (χ3n) is 3.91.